The molecule has 0 heterocycles. The van der Waals surface area contributed by atoms with Crippen molar-refractivity contribution >= 4 is 21.6 Å². The number of anilines is 1. The first-order valence-electron chi connectivity index (χ1n) is 6.25. The molecule has 3 heteroatoms. The Balaban J connectivity index is 2.27. The third kappa shape index (κ3) is 3.36. The normalized spacial score (nSPS) is 11.6. The van der Waals surface area contributed by atoms with Crippen molar-refractivity contribution in [3.8, 4) is 6.07 Å². The molecular formula is C16H15BrN2. The molecule has 19 heavy (non-hydrogen) atoms. The molecule has 0 saturated carbocycles. The van der Waals surface area contributed by atoms with Gasteiger partial charge in [-0.3, -0.25) is 0 Å². The lowest BCUT2D eigenvalue weighted by Gasteiger charge is -2.19. The fourth-order valence-electron chi connectivity index (χ4n) is 2.03. The van der Waals surface area contributed by atoms with Gasteiger partial charge in [0.15, 0.2) is 0 Å². The van der Waals surface area contributed by atoms with Gasteiger partial charge in [0.05, 0.1) is 17.3 Å². The van der Waals surface area contributed by atoms with E-state index in [2.05, 4.69) is 46.4 Å². The summed E-state index contributed by atoms with van der Waals surface area (Å²) in [6.45, 7) is 2.13. The summed E-state index contributed by atoms with van der Waals surface area (Å²) in [6.07, 6.45) is 0.963. The van der Waals surface area contributed by atoms with Crippen LogP contribution in [0.3, 0.4) is 0 Å². The Labute approximate surface area is 122 Å². The minimum Gasteiger partial charge on any atom is -0.377 e. The summed E-state index contributed by atoms with van der Waals surface area (Å²) >= 11 is 3.39. The van der Waals surface area contributed by atoms with Crippen LogP contribution >= 0.6 is 15.9 Å². The molecule has 0 aliphatic rings. The van der Waals surface area contributed by atoms with Gasteiger partial charge in [-0.1, -0.05) is 53.2 Å². The third-order valence-electron chi connectivity index (χ3n) is 3.04. The number of benzene rings is 2. The zero-order valence-corrected chi connectivity index (χ0v) is 12.3. The molecule has 0 amide bonds. The van der Waals surface area contributed by atoms with Gasteiger partial charge >= 0.3 is 0 Å². The lowest BCUT2D eigenvalue weighted by molar-refractivity contribution is 0.749. The van der Waals surface area contributed by atoms with Gasteiger partial charge in [-0.15, -0.1) is 0 Å². The van der Waals surface area contributed by atoms with Crippen molar-refractivity contribution in [1.82, 2.24) is 0 Å². The first-order chi connectivity index (χ1) is 9.24. The van der Waals surface area contributed by atoms with Crippen molar-refractivity contribution in [3.63, 3.8) is 0 Å². The van der Waals surface area contributed by atoms with Crippen LogP contribution in [-0.4, -0.2) is 0 Å². The smallest absolute Gasteiger partial charge is 0.101 e. The van der Waals surface area contributed by atoms with Gasteiger partial charge in [-0.05, 0) is 30.2 Å². The maximum atomic E-state index is 9.19. The largest absolute Gasteiger partial charge is 0.377 e. The molecular weight excluding hydrogens is 300 g/mol. The molecule has 0 saturated heterocycles. The molecule has 1 atom stereocenters. The van der Waals surface area contributed by atoms with E-state index >= 15 is 0 Å². The minimum atomic E-state index is 0.217. The molecule has 1 unspecified atom stereocenters. The average Bonchev–Trinajstić information content (AvgIpc) is 2.46. The van der Waals surface area contributed by atoms with Gasteiger partial charge in [0.1, 0.15) is 6.07 Å². The van der Waals surface area contributed by atoms with E-state index in [9.17, 15) is 5.26 Å². The van der Waals surface area contributed by atoms with Gasteiger partial charge < -0.3 is 5.32 Å². The van der Waals surface area contributed by atoms with Crippen LogP contribution in [0.4, 0.5) is 5.69 Å². The molecule has 2 aromatic carbocycles. The van der Waals surface area contributed by atoms with E-state index in [4.69, 9.17) is 0 Å². The Kier molecular flexibility index (Phi) is 4.59. The van der Waals surface area contributed by atoms with Gasteiger partial charge in [0.2, 0.25) is 0 Å². The second-order valence-corrected chi connectivity index (χ2v) is 5.23. The lowest BCUT2D eigenvalue weighted by atomic mass is 10.0. The molecule has 0 aliphatic heterocycles. The topological polar surface area (TPSA) is 35.8 Å². The number of nitriles is 1. The summed E-state index contributed by atoms with van der Waals surface area (Å²) in [5.41, 5.74) is 2.77. The Hall–Kier alpha value is -1.79. The van der Waals surface area contributed by atoms with Crippen LogP contribution in [0.1, 0.15) is 30.5 Å². The van der Waals surface area contributed by atoms with E-state index in [0.29, 0.717) is 5.56 Å². The molecule has 2 aromatic rings. The highest BCUT2D eigenvalue weighted by Crippen LogP contribution is 2.26. The average molecular weight is 315 g/mol. The van der Waals surface area contributed by atoms with E-state index < -0.39 is 0 Å². The van der Waals surface area contributed by atoms with Gasteiger partial charge in [-0.25, -0.2) is 0 Å². The second kappa shape index (κ2) is 6.40. The van der Waals surface area contributed by atoms with Crippen LogP contribution in [0.25, 0.3) is 0 Å². The van der Waals surface area contributed by atoms with E-state index in [1.165, 1.54) is 5.56 Å². The highest BCUT2D eigenvalue weighted by Gasteiger charge is 2.11. The maximum absolute atomic E-state index is 9.19. The molecule has 0 radical (unpaired) electrons. The van der Waals surface area contributed by atoms with Gasteiger partial charge in [-0.2, -0.15) is 5.26 Å². The van der Waals surface area contributed by atoms with Crippen molar-refractivity contribution in [2.45, 2.75) is 19.4 Å². The van der Waals surface area contributed by atoms with E-state index in [1.54, 1.807) is 0 Å². The highest BCUT2D eigenvalue weighted by molar-refractivity contribution is 9.10. The molecule has 2 rings (SSSR count). The Morgan fingerprint density at radius 3 is 2.58 bits per heavy atom. The standard InChI is InChI=1S/C16H15BrN2/c1-2-15(12-6-4-3-5-7-12)19-16-9-8-14(17)10-13(16)11-18/h3-10,15,19H,2H2,1H3. The van der Waals surface area contributed by atoms with Crippen molar-refractivity contribution in [2.24, 2.45) is 0 Å². The van der Waals surface area contributed by atoms with Crippen LogP contribution in [0.5, 0.6) is 0 Å². The number of nitrogens with zero attached hydrogens (tertiary/aromatic N) is 1. The fourth-order valence-corrected chi connectivity index (χ4v) is 2.39. The number of halogens is 1. The molecule has 0 aromatic heterocycles. The summed E-state index contributed by atoms with van der Waals surface area (Å²) in [5, 5.41) is 12.6. The zero-order chi connectivity index (χ0) is 13.7. The highest BCUT2D eigenvalue weighted by atomic mass is 79.9. The van der Waals surface area contributed by atoms with Crippen LogP contribution in [0.15, 0.2) is 53.0 Å². The molecule has 0 fully saturated rings. The summed E-state index contributed by atoms with van der Waals surface area (Å²) in [7, 11) is 0. The van der Waals surface area contributed by atoms with E-state index in [-0.39, 0.29) is 6.04 Å². The summed E-state index contributed by atoms with van der Waals surface area (Å²) in [5.74, 6) is 0. The Bertz CT molecular complexity index is 587. The quantitative estimate of drug-likeness (QED) is 0.872. The second-order valence-electron chi connectivity index (χ2n) is 4.32. The summed E-state index contributed by atoms with van der Waals surface area (Å²) < 4.78 is 0.919. The van der Waals surface area contributed by atoms with E-state index in [1.807, 2.05) is 36.4 Å². The number of hydrogen-bond donors (Lipinski definition) is 1. The predicted molar refractivity (Wildman–Crippen MR) is 82.0 cm³/mol. The van der Waals surface area contributed by atoms with Gasteiger partial charge in [0.25, 0.3) is 0 Å². The molecule has 0 aliphatic carbocycles. The predicted octanol–water partition coefficient (Wildman–Crippen LogP) is 4.88. The minimum absolute atomic E-state index is 0.217. The Morgan fingerprint density at radius 1 is 1.21 bits per heavy atom. The number of rotatable bonds is 4. The zero-order valence-electron chi connectivity index (χ0n) is 10.7. The van der Waals surface area contributed by atoms with E-state index in [0.717, 1.165) is 16.6 Å². The SMILES string of the molecule is CCC(Nc1ccc(Br)cc1C#N)c1ccccc1. The maximum Gasteiger partial charge on any atom is 0.101 e. The summed E-state index contributed by atoms with van der Waals surface area (Å²) in [4.78, 5) is 0. The monoisotopic (exact) mass is 314 g/mol. The molecule has 0 spiro atoms. The first kappa shape index (κ1) is 13.6. The lowest BCUT2D eigenvalue weighted by Crippen LogP contribution is -2.10. The van der Waals surface area contributed by atoms with Crippen molar-refractivity contribution in [1.29, 1.82) is 5.26 Å². The van der Waals surface area contributed by atoms with Crippen LogP contribution in [0.2, 0.25) is 0 Å². The van der Waals surface area contributed by atoms with Crippen molar-refractivity contribution in [3.05, 3.63) is 64.1 Å². The van der Waals surface area contributed by atoms with Crippen LogP contribution in [0, 0.1) is 11.3 Å². The number of nitrogens with one attached hydrogen (secondary N) is 1. The van der Waals surface area contributed by atoms with Crippen molar-refractivity contribution < 1.29 is 0 Å². The molecule has 1 N–H and O–H groups in total. The van der Waals surface area contributed by atoms with Crippen LogP contribution < -0.4 is 5.32 Å². The molecule has 0 bridgehead atoms. The van der Waals surface area contributed by atoms with Gasteiger partial charge in [0, 0.05) is 4.47 Å². The first-order valence-corrected chi connectivity index (χ1v) is 7.05. The Morgan fingerprint density at radius 2 is 1.95 bits per heavy atom. The fraction of sp³-hybridized carbons (Fsp3) is 0.188. The summed E-state index contributed by atoms with van der Waals surface area (Å²) in [6, 6.07) is 18.4. The van der Waals surface area contributed by atoms with Crippen molar-refractivity contribution in [2.75, 3.05) is 5.32 Å². The van der Waals surface area contributed by atoms with Crippen LogP contribution in [-0.2, 0) is 0 Å². The third-order valence-corrected chi connectivity index (χ3v) is 3.54. The number of hydrogen-bond acceptors (Lipinski definition) is 2. The molecule has 96 valence electrons. The molecule has 2 nitrogen and oxygen atoms in total.